The summed E-state index contributed by atoms with van der Waals surface area (Å²) in [6, 6.07) is 3.68. The molecule has 1 aliphatic rings. The fourth-order valence-corrected chi connectivity index (χ4v) is 2.91. The molecule has 2 aromatic rings. The van der Waals surface area contributed by atoms with Crippen molar-refractivity contribution in [2.75, 3.05) is 26.7 Å². The van der Waals surface area contributed by atoms with Gasteiger partial charge in [-0.15, -0.1) is 0 Å². The smallest absolute Gasteiger partial charge is 0.339 e. The predicted molar refractivity (Wildman–Crippen MR) is 80.5 cm³/mol. The maximum Gasteiger partial charge on any atom is 0.339 e. The first-order valence-corrected chi connectivity index (χ1v) is 7.54. The van der Waals surface area contributed by atoms with Gasteiger partial charge in [-0.3, -0.25) is 0 Å². The summed E-state index contributed by atoms with van der Waals surface area (Å²) in [7, 11) is 1.40. The summed E-state index contributed by atoms with van der Waals surface area (Å²) in [5.74, 6) is 0.689. The molecule has 0 spiro atoms. The van der Waals surface area contributed by atoms with Crippen LogP contribution < -0.4 is 0 Å². The van der Waals surface area contributed by atoms with E-state index in [4.69, 9.17) is 4.74 Å². The van der Waals surface area contributed by atoms with E-state index >= 15 is 0 Å². The Kier molecular flexibility index (Phi) is 4.20. The molecule has 0 aliphatic carbocycles. The molecule has 2 aromatic heterocycles. The minimum Gasteiger partial charge on any atom is -0.465 e. The van der Waals surface area contributed by atoms with E-state index in [0.717, 1.165) is 24.3 Å². The SMILES string of the molecule is COC(=O)c1ccc2cnc(CCN3CCCCC3)n2c1. The Morgan fingerprint density at radius 1 is 1.29 bits per heavy atom. The number of hydrogen-bond donors (Lipinski definition) is 0. The average molecular weight is 287 g/mol. The third-order valence-electron chi connectivity index (χ3n) is 4.13. The minimum atomic E-state index is -0.312. The fourth-order valence-electron chi connectivity index (χ4n) is 2.91. The number of hydrogen-bond acceptors (Lipinski definition) is 4. The number of rotatable bonds is 4. The van der Waals surface area contributed by atoms with Gasteiger partial charge in [-0.1, -0.05) is 6.42 Å². The first-order valence-electron chi connectivity index (χ1n) is 7.54. The Hall–Kier alpha value is -1.88. The highest BCUT2D eigenvalue weighted by atomic mass is 16.5. The van der Waals surface area contributed by atoms with Gasteiger partial charge in [0.1, 0.15) is 5.82 Å². The molecular weight excluding hydrogens is 266 g/mol. The summed E-state index contributed by atoms with van der Waals surface area (Å²) < 4.78 is 6.77. The molecule has 21 heavy (non-hydrogen) atoms. The van der Waals surface area contributed by atoms with E-state index in [2.05, 4.69) is 9.88 Å². The van der Waals surface area contributed by atoms with Crippen LogP contribution in [0.5, 0.6) is 0 Å². The molecule has 1 aliphatic heterocycles. The Morgan fingerprint density at radius 3 is 2.86 bits per heavy atom. The third-order valence-corrected chi connectivity index (χ3v) is 4.13. The zero-order valence-corrected chi connectivity index (χ0v) is 12.4. The predicted octanol–water partition coefficient (Wildman–Crippen LogP) is 2.15. The van der Waals surface area contributed by atoms with Crippen LogP contribution in [0.2, 0.25) is 0 Å². The van der Waals surface area contributed by atoms with Gasteiger partial charge in [-0.25, -0.2) is 9.78 Å². The lowest BCUT2D eigenvalue weighted by atomic mass is 10.1. The van der Waals surface area contributed by atoms with Gasteiger partial charge in [0.25, 0.3) is 0 Å². The molecule has 5 heteroatoms. The number of imidazole rings is 1. The molecule has 0 N–H and O–H groups in total. The van der Waals surface area contributed by atoms with Gasteiger partial charge in [-0.2, -0.15) is 0 Å². The number of nitrogens with zero attached hydrogens (tertiary/aromatic N) is 3. The Bertz CT molecular complexity index is 629. The molecule has 1 fully saturated rings. The summed E-state index contributed by atoms with van der Waals surface area (Å²) in [5.41, 5.74) is 1.57. The van der Waals surface area contributed by atoms with E-state index in [1.807, 2.05) is 22.9 Å². The van der Waals surface area contributed by atoms with Gasteiger partial charge in [0.15, 0.2) is 0 Å². The molecule has 3 rings (SSSR count). The van der Waals surface area contributed by atoms with E-state index in [1.54, 1.807) is 6.07 Å². The van der Waals surface area contributed by atoms with E-state index in [-0.39, 0.29) is 5.97 Å². The maximum atomic E-state index is 11.6. The molecule has 3 heterocycles. The molecule has 0 bridgehead atoms. The monoisotopic (exact) mass is 287 g/mol. The average Bonchev–Trinajstić information content (AvgIpc) is 2.95. The van der Waals surface area contributed by atoms with Crippen molar-refractivity contribution in [1.82, 2.24) is 14.3 Å². The molecule has 112 valence electrons. The van der Waals surface area contributed by atoms with Gasteiger partial charge in [-0.05, 0) is 38.1 Å². The summed E-state index contributed by atoms with van der Waals surface area (Å²) in [6.45, 7) is 3.41. The highest BCUT2D eigenvalue weighted by Crippen LogP contribution is 2.13. The first-order chi connectivity index (χ1) is 10.3. The number of pyridine rings is 1. The van der Waals surface area contributed by atoms with Gasteiger partial charge < -0.3 is 14.0 Å². The normalized spacial score (nSPS) is 16.2. The second-order valence-corrected chi connectivity index (χ2v) is 5.53. The van der Waals surface area contributed by atoms with Crippen LogP contribution in [0.25, 0.3) is 5.52 Å². The Labute approximate surface area is 124 Å². The standard InChI is InChI=1S/C16H21N3O2/c1-21-16(20)13-5-6-14-11-17-15(19(14)12-13)7-10-18-8-3-2-4-9-18/h5-6,11-12H,2-4,7-10H2,1H3. The molecule has 0 amide bonds. The quantitative estimate of drug-likeness (QED) is 0.808. The topological polar surface area (TPSA) is 46.8 Å². The van der Waals surface area contributed by atoms with E-state index < -0.39 is 0 Å². The van der Waals surface area contributed by atoms with E-state index in [9.17, 15) is 4.79 Å². The summed E-state index contributed by atoms with van der Waals surface area (Å²) >= 11 is 0. The highest BCUT2D eigenvalue weighted by Gasteiger charge is 2.13. The van der Waals surface area contributed by atoms with Gasteiger partial charge >= 0.3 is 5.97 Å². The number of aromatic nitrogens is 2. The minimum absolute atomic E-state index is 0.312. The second-order valence-electron chi connectivity index (χ2n) is 5.53. The van der Waals surface area contributed by atoms with Gasteiger partial charge in [0, 0.05) is 19.2 Å². The van der Waals surface area contributed by atoms with Crippen molar-refractivity contribution in [3.8, 4) is 0 Å². The van der Waals surface area contributed by atoms with Crippen molar-refractivity contribution in [2.24, 2.45) is 0 Å². The number of fused-ring (bicyclic) bond motifs is 1. The van der Waals surface area contributed by atoms with Crippen LogP contribution in [0.4, 0.5) is 0 Å². The van der Waals surface area contributed by atoms with Crippen molar-refractivity contribution < 1.29 is 9.53 Å². The summed E-state index contributed by atoms with van der Waals surface area (Å²) in [6.07, 6.45) is 8.53. The van der Waals surface area contributed by atoms with Crippen LogP contribution in [0.3, 0.4) is 0 Å². The van der Waals surface area contributed by atoms with Crippen LogP contribution in [0, 0.1) is 0 Å². The van der Waals surface area contributed by atoms with E-state index in [1.165, 1.54) is 39.5 Å². The molecule has 0 unspecified atom stereocenters. The molecule has 5 nitrogen and oxygen atoms in total. The van der Waals surface area contributed by atoms with Crippen LogP contribution in [-0.4, -0.2) is 47.0 Å². The lowest BCUT2D eigenvalue weighted by molar-refractivity contribution is 0.0600. The van der Waals surface area contributed by atoms with Crippen LogP contribution in [-0.2, 0) is 11.2 Å². The first kappa shape index (κ1) is 14.1. The molecule has 0 atom stereocenters. The highest BCUT2D eigenvalue weighted by molar-refractivity contribution is 5.89. The fraction of sp³-hybridized carbons (Fsp3) is 0.500. The van der Waals surface area contributed by atoms with Crippen molar-refractivity contribution >= 4 is 11.5 Å². The summed E-state index contributed by atoms with van der Waals surface area (Å²) in [5, 5.41) is 0. The Morgan fingerprint density at radius 2 is 2.10 bits per heavy atom. The lowest BCUT2D eigenvalue weighted by Crippen LogP contribution is -2.31. The maximum absolute atomic E-state index is 11.6. The summed E-state index contributed by atoms with van der Waals surface area (Å²) in [4.78, 5) is 18.6. The number of esters is 1. The second kappa shape index (κ2) is 6.26. The number of carbonyl (C=O) groups is 1. The van der Waals surface area contributed by atoms with Crippen molar-refractivity contribution in [1.29, 1.82) is 0 Å². The zero-order chi connectivity index (χ0) is 14.7. The Balaban J connectivity index is 1.76. The molecule has 1 saturated heterocycles. The van der Waals surface area contributed by atoms with Crippen LogP contribution >= 0.6 is 0 Å². The number of ether oxygens (including phenoxy) is 1. The van der Waals surface area contributed by atoms with E-state index in [0.29, 0.717) is 5.56 Å². The number of carbonyl (C=O) groups excluding carboxylic acids is 1. The van der Waals surface area contributed by atoms with Gasteiger partial charge in [0.2, 0.25) is 0 Å². The molecule has 0 aromatic carbocycles. The van der Waals surface area contributed by atoms with Crippen molar-refractivity contribution in [2.45, 2.75) is 25.7 Å². The molecule has 0 saturated carbocycles. The lowest BCUT2D eigenvalue weighted by Gasteiger charge is -2.25. The zero-order valence-electron chi connectivity index (χ0n) is 12.4. The van der Waals surface area contributed by atoms with Crippen molar-refractivity contribution in [3.63, 3.8) is 0 Å². The third kappa shape index (κ3) is 3.08. The van der Waals surface area contributed by atoms with Crippen molar-refractivity contribution in [3.05, 3.63) is 35.9 Å². The largest absolute Gasteiger partial charge is 0.465 e. The number of methoxy groups -OCH3 is 1. The van der Waals surface area contributed by atoms with Crippen LogP contribution in [0.15, 0.2) is 24.5 Å². The van der Waals surface area contributed by atoms with Gasteiger partial charge in [0.05, 0.1) is 24.4 Å². The molecular formula is C16H21N3O2. The van der Waals surface area contributed by atoms with Crippen LogP contribution in [0.1, 0.15) is 35.4 Å². The molecule has 0 radical (unpaired) electrons. The number of piperidine rings is 1. The number of likely N-dealkylation sites (tertiary alicyclic amines) is 1.